The molecule has 0 saturated heterocycles. The molecule has 0 bridgehead atoms. The normalized spacial score (nSPS) is 13.5. The Bertz CT molecular complexity index is 906. The highest BCUT2D eigenvalue weighted by Gasteiger charge is 2.13. The van der Waals surface area contributed by atoms with E-state index in [-0.39, 0.29) is 0 Å². The van der Waals surface area contributed by atoms with Crippen molar-refractivity contribution in [2.75, 3.05) is 7.11 Å². The second kappa shape index (κ2) is 8.26. The molecule has 0 N–H and O–H groups in total. The van der Waals surface area contributed by atoms with Crippen LogP contribution in [0.15, 0.2) is 60.8 Å². The second-order valence-electron chi connectivity index (χ2n) is 7.02. The monoisotopic (exact) mass is 359 g/mol. The standard InChI is InChI=1S/C24H25NO2/c1-26-22-12-13-24(27-17-21-9-5-6-14-25-21)23(16-22)20-11-10-18-7-3-2-4-8-19(18)15-20/h5-6,9-16H,2-4,7-8,17H2,1H3. The fraction of sp³-hybridized carbons (Fsp3) is 0.292. The van der Waals surface area contributed by atoms with E-state index in [1.165, 1.54) is 42.4 Å². The number of nitrogens with zero attached hydrogens (tertiary/aromatic N) is 1. The summed E-state index contributed by atoms with van der Waals surface area (Å²) in [7, 11) is 1.70. The van der Waals surface area contributed by atoms with E-state index in [0.717, 1.165) is 29.2 Å². The largest absolute Gasteiger partial charge is 0.497 e. The molecule has 4 rings (SSSR count). The first-order chi connectivity index (χ1) is 13.3. The van der Waals surface area contributed by atoms with Crippen molar-refractivity contribution in [1.82, 2.24) is 4.98 Å². The molecule has 3 heteroatoms. The van der Waals surface area contributed by atoms with E-state index in [1.807, 2.05) is 30.3 Å². The number of ether oxygens (including phenoxy) is 2. The molecule has 0 fully saturated rings. The SMILES string of the molecule is COc1ccc(OCc2ccccn2)c(-c2ccc3c(c2)CCCCC3)c1. The van der Waals surface area contributed by atoms with Crippen molar-refractivity contribution >= 4 is 0 Å². The van der Waals surface area contributed by atoms with E-state index in [9.17, 15) is 0 Å². The molecular weight excluding hydrogens is 334 g/mol. The average Bonchev–Trinajstić information content (AvgIpc) is 2.97. The summed E-state index contributed by atoms with van der Waals surface area (Å²) in [4.78, 5) is 4.35. The highest BCUT2D eigenvalue weighted by molar-refractivity contribution is 5.73. The molecule has 138 valence electrons. The summed E-state index contributed by atoms with van der Waals surface area (Å²) in [5, 5.41) is 0. The first-order valence-electron chi connectivity index (χ1n) is 9.66. The van der Waals surface area contributed by atoms with Crippen LogP contribution in [0.2, 0.25) is 0 Å². The fourth-order valence-electron chi connectivity index (χ4n) is 3.70. The first kappa shape index (κ1) is 17.6. The molecule has 3 nitrogen and oxygen atoms in total. The molecule has 0 radical (unpaired) electrons. The van der Waals surface area contributed by atoms with Crippen molar-refractivity contribution in [1.29, 1.82) is 0 Å². The molecule has 0 spiro atoms. The molecule has 2 aromatic carbocycles. The number of benzene rings is 2. The van der Waals surface area contributed by atoms with Crippen LogP contribution in [0.25, 0.3) is 11.1 Å². The molecule has 0 unspecified atom stereocenters. The third-order valence-corrected chi connectivity index (χ3v) is 5.20. The Hall–Kier alpha value is -2.81. The van der Waals surface area contributed by atoms with Crippen LogP contribution in [0.3, 0.4) is 0 Å². The smallest absolute Gasteiger partial charge is 0.130 e. The fourth-order valence-corrected chi connectivity index (χ4v) is 3.70. The molecule has 1 aliphatic rings. The Morgan fingerprint density at radius 2 is 1.78 bits per heavy atom. The van der Waals surface area contributed by atoms with Gasteiger partial charge >= 0.3 is 0 Å². The van der Waals surface area contributed by atoms with E-state index in [2.05, 4.69) is 29.2 Å². The number of methoxy groups -OCH3 is 1. The minimum Gasteiger partial charge on any atom is -0.497 e. The average molecular weight is 359 g/mol. The van der Waals surface area contributed by atoms with Crippen molar-refractivity contribution in [2.45, 2.75) is 38.7 Å². The molecular formula is C24H25NO2. The van der Waals surface area contributed by atoms with E-state index in [0.29, 0.717) is 6.61 Å². The van der Waals surface area contributed by atoms with E-state index < -0.39 is 0 Å². The van der Waals surface area contributed by atoms with Gasteiger partial charge in [-0.1, -0.05) is 30.7 Å². The Morgan fingerprint density at radius 3 is 2.59 bits per heavy atom. The molecule has 0 atom stereocenters. The molecule has 1 aliphatic carbocycles. The van der Waals surface area contributed by atoms with Crippen LogP contribution in [0.1, 0.15) is 36.1 Å². The Labute approximate surface area is 161 Å². The molecule has 0 saturated carbocycles. The topological polar surface area (TPSA) is 31.4 Å². The van der Waals surface area contributed by atoms with Crippen LogP contribution in [-0.2, 0) is 19.4 Å². The van der Waals surface area contributed by atoms with Gasteiger partial charge < -0.3 is 9.47 Å². The van der Waals surface area contributed by atoms with Crippen LogP contribution in [-0.4, -0.2) is 12.1 Å². The lowest BCUT2D eigenvalue weighted by atomic mass is 9.96. The lowest BCUT2D eigenvalue weighted by molar-refractivity contribution is 0.302. The molecule has 3 aromatic rings. The number of hydrogen-bond donors (Lipinski definition) is 0. The molecule has 1 aromatic heterocycles. The maximum atomic E-state index is 6.13. The van der Waals surface area contributed by atoms with Crippen molar-refractivity contribution in [2.24, 2.45) is 0 Å². The van der Waals surface area contributed by atoms with Crippen LogP contribution in [0.5, 0.6) is 11.5 Å². The zero-order valence-electron chi connectivity index (χ0n) is 15.8. The van der Waals surface area contributed by atoms with E-state index >= 15 is 0 Å². The minimum absolute atomic E-state index is 0.450. The highest BCUT2D eigenvalue weighted by Crippen LogP contribution is 2.36. The number of aryl methyl sites for hydroxylation is 2. The van der Waals surface area contributed by atoms with Gasteiger partial charge in [0.1, 0.15) is 18.1 Å². The zero-order valence-corrected chi connectivity index (χ0v) is 15.8. The van der Waals surface area contributed by atoms with Gasteiger partial charge in [-0.3, -0.25) is 4.98 Å². The number of hydrogen-bond acceptors (Lipinski definition) is 3. The molecule has 0 aliphatic heterocycles. The highest BCUT2D eigenvalue weighted by atomic mass is 16.5. The molecule has 27 heavy (non-hydrogen) atoms. The summed E-state index contributed by atoms with van der Waals surface area (Å²) in [5.74, 6) is 1.69. The van der Waals surface area contributed by atoms with Crippen LogP contribution >= 0.6 is 0 Å². The third kappa shape index (κ3) is 4.13. The second-order valence-corrected chi connectivity index (χ2v) is 7.02. The number of aromatic nitrogens is 1. The Balaban J connectivity index is 1.67. The summed E-state index contributed by atoms with van der Waals surface area (Å²) >= 11 is 0. The van der Waals surface area contributed by atoms with Crippen molar-refractivity contribution in [3.8, 4) is 22.6 Å². The summed E-state index contributed by atoms with van der Waals surface area (Å²) < 4.78 is 11.6. The van der Waals surface area contributed by atoms with Gasteiger partial charge in [0.2, 0.25) is 0 Å². The predicted molar refractivity (Wildman–Crippen MR) is 108 cm³/mol. The van der Waals surface area contributed by atoms with Crippen molar-refractivity contribution in [3.05, 3.63) is 77.6 Å². The van der Waals surface area contributed by atoms with Gasteiger partial charge in [-0.05, 0) is 72.7 Å². The zero-order chi connectivity index (χ0) is 18.5. The van der Waals surface area contributed by atoms with Gasteiger partial charge in [0.15, 0.2) is 0 Å². The number of rotatable bonds is 5. The van der Waals surface area contributed by atoms with Crippen molar-refractivity contribution in [3.63, 3.8) is 0 Å². The Kier molecular flexibility index (Phi) is 5.38. The van der Waals surface area contributed by atoms with Crippen LogP contribution in [0, 0.1) is 0 Å². The maximum absolute atomic E-state index is 6.13. The quantitative estimate of drug-likeness (QED) is 0.555. The summed E-state index contributed by atoms with van der Waals surface area (Å²) in [5.41, 5.74) is 6.14. The van der Waals surface area contributed by atoms with Gasteiger partial charge in [-0.25, -0.2) is 0 Å². The maximum Gasteiger partial charge on any atom is 0.130 e. The third-order valence-electron chi connectivity index (χ3n) is 5.20. The molecule has 1 heterocycles. The summed E-state index contributed by atoms with van der Waals surface area (Å²) in [6, 6.07) is 18.7. The predicted octanol–water partition coefficient (Wildman–Crippen LogP) is 5.61. The van der Waals surface area contributed by atoms with Crippen LogP contribution < -0.4 is 9.47 Å². The van der Waals surface area contributed by atoms with Gasteiger partial charge in [-0.2, -0.15) is 0 Å². The summed E-state index contributed by atoms with van der Waals surface area (Å²) in [6.07, 6.45) is 8.04. The lowest BCUT2D eigenvalue weighted by Crippen LogP contribution is -2.00. The minimum atomic E-state index is 0.450. The van der Waals surface area contributed by atoms with Gasteiger partial charge in [0.25, 0.3) is 0 Å². The van der Waals surface area contributed by atoms with E-state index in [4.69, 9.17) is 9.47 Å². The van der Waals surface area contributed by atoms with E-state index in [1.54, 1.807) is 13.3 Å². The number of pyridine rings is 1. The Morgan fingerprint density at radius 1 is 0.889 bits per heavy atom. The van der Waals surface area contributed by atoms with Gasteiger partial charge in [-0.15, -0.1) is 0 Å². The van der Waals surface area contributed by atoms with Gasteiger partial charge in [0, 0.05) is 11.8 Å². The molecule has 0 amide bonds. The van der Waals surface area contributed by atoms with Crippen LogP contribution in [0.4, 0.5) is 0 Å². The number of fused-ring (bicyclic) bond motifs is 1. The van der Waals surface area contributed by atoms with Gasteiger partial charge in [0.05, 0.1) is 12.8 Å². The lowest BCUT2D eigenvalue weighted by Gasteiger charge is -2.15. The first-order valence-corrected chi connectivity index (χ1v) is 9.66. The van der Waals surface area contributed by atoms with Crippen molar-refractivity contribution < 1.29 is 9.47 Å². The summed E-state index contributed by atoms with van der Waals surface area (Å²) in [6.45, 7) is 0.450.